The lowest BCUT2D eigenvalue weighted by molar-refractivity contribution is -0.139. The van der Waals surface area contributed by atoms with Crippen LogP contribution in [0.5, 0.6) is 11.5 Å². The minimum absolute atomic E-state index is 0.00294. The number of carbonyl (C=O) groups is 2. The van der Waals surface area contributed by atoms with Gasteiger partial charge in [-0.1, -0.05) is 49.2 Å². The lowest BCUT2D eigenvalue weighted by atomic mass is 9.66. The number of ether oxygens (including phenoxy) is 2. The predicted octanol–water partition coefficient (Wildman–Crippen LogP) is 6.62. The fourth-order valence-corrected chi connectivity index (χ4v) is 6.86. The van der Waals surface area contributed by atoms with Crippen molar-refractivity contribution in [2.45, 2.75) is 51.2 Å². The molecule has 1 spiro atoms. The van der Waals surface area contributed by atoms with E-state index in [0.29, 0.717) is 61.5 Å². The van der Waals surface area contributed by atoms with Gasteiger partial charge < -0.3 is 19.2 Å². The van der Waals surface area contributed by atoms with Crippen molar-refractivity contribution in [3.8, 4) is 11.5 Å². The highest BCUT2D eigenvalue weighted by atomic mass is 19.1. The third-order valence-corrected chi connectivity index (χ3v) is 9.02. The Morgan fingerprint density at radius 2 is 1.68 bits per heavy atom. The second-order valence-corrected chi connectivity index (χ2v) is 11.3. The Kier molecular flexibility index (Phi) is 7.41. The summed E-state index contributed by atoms with van der Waals surface area (Å²) in [5.41, 5.74) is 1.49. The van der Waals surface area contributed by atoms with E-state index in [0.717, 1.165) is 24.7 Å². The summed E-state index contributed by atoms with van der Waals surface area (Å²) in [6, 6.07) is 16.7. The van der Waals surface area contributed by atoms with E-state index in [1.54, 1.807) is 30.2 Å². The van der Waals surface area contributed by atoms with Gasteiger partial charge in [-0.2, -0.15) is 0 Å². The van der Waals surface area contributed by atoms with Crippen molar-refractivity contribution in [1.82, 2.24) is 0 Å². The van der Waals surface area contributed by atoms with Gasteiger partial charge in [-0.3, -0.25) is 9.69 Å². The summed E-state index contributed by atoms with van der Waals surface area (Å²) in [5.74, 6) is -0.593. The van der Waals surface area contributed by atoms with Crippen LogP contribution in [0.2, 0.25) is 0 Å². The van der Waals surface area contributed by atoms with Gasteiger partial charge in [0, 0.05) is 30.6 Å². The van der Waals surface area contributed by atoms with Crippen molar-refractivity contribution in [3.63, 3.8) is 0 Å². The number of hydrogen-bond acceptors (Lipinski definition) is 5. The molecule has 6 nitrogen and oxygen atoms in total. The van der Waals surface area contributed by atoms with E-state index < -0.39 is 23.1 Å². The van der Waals surface area contributed by atoms with Crippen LogP contribution >= 0.6 is 0 Å². The standard InChI is InChI=1S/C33H34F2N2O4/c1-40-29-19-28(36-16-12-22(20-38)13-17-36)26(35)18-24(29)31-33(14-5-6-15-33)32(39)37(31)27-11-7-10-25(34)30(27)41-21-23-8-3-2-4-9-23/h2-4,7-11,18-20,22,31H,5-6,12-17,21H2,1H3/t31-/m0/s1. The molecule has 6 rings (SSSR count). The quantitative estimate of drug-likeness (QED) is 0.229. The fraction of sp³-hybridized carbons (Fsp3) is 0.394. The van der Waals surface area contributed by atoms with E-state index in [2.05, 4.69) is 0 Å². The number of β-lactam (4-membered cyclic amide) rings is 1. The summed E-state index contributed by atoms with van der Waals surface area (Å²) >= 11 is 0. The molecule has 41 heavy (non-hydrogen) atoms. The highest BCUT2D eigenvalue weighted by Gasteiger charge is 2.63. The first-order valence-corrected chi connectivity index (χ1v) is 14.3. The average molecular weight is 561 g/mol. The normalized spacial score (nSPS) is 20.3. The molecule has 2 aliphatic heterocycles. The molecule has 3 aromatic rings. The second-order valence-electron chi connectivity index (χ2n) is 11.3. The molecule has 8 heteroatoms. The molecule has 3 fully saturated rings. The number of piperidine rings is 1. The zero-order valence-corrected chi connectivity index (χ0v) is 23.2. The van der Waals surface area contributed by atoms with Crippen LogP contribution in [0.15, 0.2) is 60.7 Å². The number of rotatable bonds is 8. The number of para-hydroxylation sites is 1. The number of halogens is 2. The Hall–Kier alpha value is -3.94. The number of carbonyl (C=O) groups excluding carboxylic acids is 2. The summed E-state index contributed by atoms with van der Waals surface area (Å²) in [5, 5.41) is 0. The van der Waals surface area contributed by atoms with Crippen LogP contribution in [0.25, 0.3) is 0 Å². The minimum Gasteiger partial charge on any atom is -0.496 e. The van der Waals surface area contributed by atoms with Gasteiger partial charge in [-0.15, -0.1) is 0 Å². The molecular weight excluding hydrogens is 526 g/mol. The maximum atomic E-state index is 15.8. The van der Waals surface area contributed by atoms with Gasteiger partial charge in [-0.25, -0.2) is 8.78 Å². The van der Waals surface area contributed by atoms with Crippen LogP contribution in [0.4, 0.5) is 20.2 Å². The van der Waals surface area contributed by atoms with Gasteiger partial charge in [0.05, 0.1) is 29.9 Å². The monoisotopic (exact) mass is 560 g/mol. The molecule has 214 valence electrons. The summed E-state index contributed by atoms with van der Waals surface area (Å²) in [6.45, 7) is 1.29. The molecule has 0 N–H and O–H groups in total. The summed E-state index contributed by atoms with van der Waals surface area (Å²) in [7, 11) is 1.54. The van der Waals surface area contributed by atoms with Gasteiger partial charge in [-0.05, 0) is 49.4 Å². The van der Waals surface area contributed by atoms with Crippen LogP contribution < -0.4 is 19.3 Å². The smallest absolute Gasteiger partial charge is 0.236 e. The Morgan fingerprint density at radius 3 is 2.37 bits per heavy atom. The van der Waals surface area contributed by atoms with Crippen LogP contribution in [0, 0.1) is 23.0 Å². The number of anilines is 2. The van der Waals surface area contributed by atoms with E-state index in [1.165, 1.54) is 12.1 Å². The lowest BCUT2D eigenvalue weighted by Gasteiger charge is -2.55. The Bertz CT molecular complexity index is 1430. The van der Waals surface area contributed by atoms with Gasteiger partial charge >= 0.3 is 0 Å². The maximum Gasteiger partial charge on any atom is 0.236 e. The van der Waals surface area contributed by atoms with Gasteiger partial charge in [0.15, 0.2) is 11.6 Å². The van der Waals surface area contributed by atoms with E-state index in [4.69, 9.17) is 9.47 Å². The van der Waals surface area contributed by atoms with E-state index >= 15 is 8.78 Å². The summed E-state index contributed by atoms with van der Waals surface area (Å²) in [4.78, 5) is 28.7. The molecular formula is C33H34F2N2O4. The number of benzene rings is 3. The van der Waals surface area contributed by atoms with Gasteiger partial charge in [0.2, 0.25) is 5.91 Å². The number of nitrogens with zero attached hydrogens (tertiary/aromatic N) is 2. The first kappa shape index (κ1) is 27.2. The molecule has 0 unspecified atom stereocenters. The van der Waals surface area contributed by atoms with Crippen LogP contribution in [-0.4, -0.2) is 32.4 Å². The molecule has 0 radical (unpaired) electrons. The van der Waals surface area contributed by atoms with Crippen LogP contribution in [0.3, 0.4) is 0 Å². The van der Waals surface area contributed by atoms with E-state index in [9.17, 15) is 9.59 Å². The Balaban J connectivity index is 1.38. The van der Waals surface area contributed by atoms with Crippen molar-refractivity contribution >= 4 is 23.6 Å². The molecule has 1 atom stereocenters. The molecule has 1 saturated carbocycles. The minimum atomic E-state index is -0.702. The van der Waals surface area contributed by atoms with E-state index in [1.807, 2.05) is 35.2 Å². The fourth-order valence-electron chi connectivity index (χ4n) is 6.86. The van der Waals surface area contributed by atoms with E-state index in [-0.39, 0.29) is 24.2 Å². The molecule has 1 amide bonds. The average Bonchev–Trinajstić information content (AvgIpc) is 3.52. The lowest BCUT2D eigenvalue weighted by Crippen LogP contribution is -2.62. The predicted molar refractivity (Wildman–Crippen MR) is 152 cm³/mol. The third-order valence-electron chi connectivity index (χ3n) is 9.02. The number of aldehydes is 1. The molecule has 1 aliphatic carbocycles. The number of methoxy groups -OCH3 is 1. The molecule has 0 bridgehead atoms. The highest BCUT2D eigenvalue weighted by Crippen LogP contribution is 2.62. The first-order valence-electron chi connectivity index (χ1n) is 14.3. The molecule has 0 aromatic heterocycles. The Morgan fingerprint density at radius 1 is 0.951 bits per heavy atom. The largest absolute Gasteiger partial charge is 0.496 e. The molecule has 3 aromatic carbocycles. The molecule has 2 saturated heterocycles. The van der Waals surface area contributed by atoms with Crippen LogP contribution in [-0.2, 0) is 16.2 Å². The zero-order chi connectivity index (χ0) is 28.6. The topological polar surface area (TPSA) is 59.1 Å². The summed E-state index contributed by atoms with van der Waals surface area (Å²) in [6.07, 6.45) is 5.46. The zero-order valence-electron chi connectivity index (χ0n) is 23.2. The number of hydrogen-bond donors (Lipinski definition) is 0. The number of amides is 1. The SMILES string of the molecule is COc1cc(N2CCC(C=O)CC2)c(F)cc1[C@@H]1N(c2cccc(F)c2OCc2ccccc2)C(=O)C12CCCC2. The van der Waals surface area contributed by atoms with Crippen LogP contribution in [0.1, 0.15) is 55.7 Å². The van der Waals surface area contributed by atoms with Crippen molar-refractivity contribution in [1.29, 1.82) is 0 Å². The van der Waals surface area contributed by atoms with Crippen molar-refractivity contribution in [2.75, 3.05) is 30.0 Å². The van der Waals surface area contributed by atoms with Gasteiger partial charge in [0.1, 0.15) is 24.5 Å². The first-order chi connectivity index (χ1) is 20.0. The van der Waals surface area contributed by atoms with Crippen molar-refractivity contribution in [2.24, 2.45) is 11.3 Å². The summed E-state index contributed by atoms with van der Waals surface area (Å²) < 4.78 is 42.9. The maximum absolute atomic E-state index is 15.8. The second kappa shape index (κ2) is 11.1. The molecule has 2 heterocycles. The van der Waals surface area contributed by atoms with Crippen molar-refractivity contribution in [3.05, 3.63) is 83.4 Å². The highest BCUT2D eigenvalue weighted by molar-refractivity contribution is 6.07. The Labute approximate surface area is 238 Å². The van der Waals surface area contributed by atoms with Gasteiger partial charge in [0.25, 0.3) is 0 Å². The molecule has 3 aliphatic rings. The third kappa shape index (κ3) is 4.73. The van der Waals surface area contributed by atoms with Crippen molar-refractivity contribution < 1.29 is 27.8 Å².